The number of nitrogens with zero attached hydrogens (tertiary/aromatic N) is 2. The van der Waals surface area contributed by atoms with Crippen LogP contribution in [0.3, 0.4) is 0 Å². The van der Waals surface area contributed by atoms with Gasteiger partial charge in [0.1, 0.15) is 53.1 Å². The summed E-state index contributed by atoms with van der Waals surface area (Å²) in [4.78, 5) is 84.0. The molecular formula is C52H71ClN4O13S3. The van der Waals surface area contributed by atoms with E-state index in [1.54, 1.807) is 66.8 Å². The van der Waals surface area contributed by atoms with E-state index in [0.29, 0.717) is 30.7 Å². The molecule has 21 heteroatoms. The lowest BCUT2D eigenvalue weighted by Crippen LogP contribution is -2.63. The molecule has 0 unspecified atom stereocenters. The predicted molar refractivity (Wildman–Crippen MR) is 285 cm³/mol. The van der Waals surface area contributed by atoms with Gasteiger partial charge in [-0.15, -0.1) is 11.8 Å². The highest BCUT2D eigenvalue weighted by Crippen LogP contribution is 2.49. The molecule has 0 aromatic heterocycles. The van der Waals surface area contributed by atoms with Crippen molar-refractivity contribution < 1.29 is 62.3 Å². The number of nitrogens with one attached hydrogen (secondary N) is 2. The maximum absolute atomic E-state index is 14.4. The van der Waals surface area contributed by atoms with Crippen LogP contribution in [0, 0.1) is 5.92 Å². The van der Waals surface area contributed by atoms with Crippen LogP contribution in [0.5, 0.6) is 5.75 Å². The fourth-order valence-electron chi connectivity index (χ4n) is 8.64. The lowest BCUT2D eigenvalue weighted by atomic mass is 9.83. The molecule has 2 saturated heterocycles. The second kappa shape index (κ2) is 26.4. The van der Waals surface area contributed by atoms with E-state index in [-0.39, 0.29) is 61.3 Å². The Morgan fingerprint density at radius 3 is 2.51 bits per heavy atom. The van der Waals surface area contributed by atoms with Gasteiger partial charge in [0.25, 0.3) is 0 Å². The number of ketones is 1. The van der Waals surface area contributed by atoms with E-state index in [9.17, 15) is 33.9 Å². The number of hydrogen-bond acceptors (Lipinski definition) is 16. The number of amides is 4. The van der Waals surface area contributed by atoms with Gasteiger partial charge >= 0.3 is 18.2 Å². The van der Waals surface area contributed by atoms with Gasteiger partial charge in [-0.1, -0.05) is 89.9 Å². The van der Waals surface area contributed by atoms with Gasteiger partial charge in [0, 0.05) is 62.6 Å². The number of hydrogen-bond donors (Lipinski definition) is 3. The summed E-state index contributed by atoms with van der Waals surface area (Å²) in [6, 6.07) is 10.3. The highest BCUT2D eigenvalue weighted by molar-refractivity contribution is 8.76. The fourth-order valence-corrected chi connectivity index (χ4v) is 11.2. The van der Waals surface area contributed by atoms with Gasteiger partial charge in [0.2, 0.25) is 11.8 Å². The van der Waals surface area contributed by atoms with Crippen LogP contribution in [0.2, 0.25) is 5.02 Å². The highest BCUT2D eigenvalue weighted by atomic mass is 35.5. The van der Waals surface area contributed by atoms with Crippen LogP contribution < -0.4 is 20.3 Å². The smallest absolute Gasteiger partial charge is 0.409 e. The molecule has 8 atom stereocenters. The Kier molecular flexibility index (Phi) is 21.5. The van der Waals surface area contributed by atoms with Crippen molar-refractivity contribution in [3.05, 3.63) is 76.3 Å². The molecule has 3 N–H and O–H groups in total. The molecular weight excluding hydrogens is 1020 g/mol. The third-order valence-corrected chi connectivity index (χ3v) is 17.0. The van der Waals surface area contributed by atoms with Gasteiger partial charge in [-0.3, -0.25) is 19.7 Å². The molecule has 0 aliphatic carbocycles. The number of benzene rings is 2. The average molecular weight is 1090 g/mol. The number of anilines is 1. The van der Waals surface area contributed by atoms with Crippen LogP contribution >= 0.6 is 45.0 Å². The standard InChI is InChI=1S/C52H71ClN4O13S3/c1-31-14-12-16-41(66-10)52(64)28-40(68-49(63)55-52)32(2)46-51(6,70-46)42(27-44(60)57(8)38-25-35(24-31)26-39(65-9)45(38)53)69-47(61)33(3)56(7)43(59)21-22-50(4,5)72-30-36(58)15-13-23-54-48(62)67-29-34-17-19-37(20-18-34)73-71-11/h12,14,16-20,25-26,32-33,40-42,46,64H,13,15,21-24,27-30H2,1-11H3,(H,54,62)(H,55,63)/b16-12+,31-14+/t32-,33+,40+,41-,42+,46+,51+,52+/m1/s1. The van der Waals surface area contributed by atoms with Crippen LogP contribution in [-0.2, 0) is 55.9 Å². The zero-order chi connectivity index (χ0) is 53.8. The molecule has 17 nitrogen and oxygen atoms in total. The second-order valence-corrected chi connectivity index (χ2v) is 24.0. The van der Waals surface area contributed by atoms with Crippen molar-refractivity contribution >= 4 is 86.4 Å². The molecule has 5 rings (SSSR count). The average Bonchev–Trinajstić information content (AvgIpc) is 4.05. The van der Waals surface area contributed by atoms with Gasteiger partial charge in [-0.25, -0.2) is 14.4 Å². The number of thioether (sulfide) groups is 1. The number of allylic oxidation sites excluding steroid dienone is 3. The molecule has 4 bridgehead atoms. The molecule has 402 valence electrons. The van der Waals surface area contributed by atoms with E-state index in [4.69, 9.17) is 40.0 Å². The number of esters is 1. The number of carbonyl (C=O) groups is 6. The van der Waals surface area contributed by atoms with Crippen molar-refractivity contribution in [1.82, 2.24) is 15.5 Å². The fraction of sp³-hybridized carbons (Fsp3) is 0.577. The highest BCUT2D eigenvalue weighted by Gasteiger charge is 2.64. The minimum absolute atomic E-state index is 0.00942. The second-order valence-electron chi connectivity index (χ2n) is 19.5. The van der Waals surface area contributed by atoms with Crippen LogP contribution in [0.25, 0.3) is 0 Å². The summed E-state index contributed by atoms with van der Waals surface area (Å²) in [6.07, 6.45) is 3.21. The summed E-state index contributed by atoms with van der Waals surface area (Å²) in [6.45, 7) is 11.3. The largest absolute Gasteiger partial charge is 0.495 e. The summed E-state index contributed by atoms with van der Waals surface area (Å²) in [5, 5.41) is 17.3. The number of carbonyl (C=O) groups excluding carboxylic acids is 6. The van der Waals surface area contributed by atoms with Gasteiger partial charge in [0.15, 0.2) is 5.72 Å². The first-order chi connectivity index (χ1) is 34.4. The quantitative estimate of drug-likeness (QED) is 0.0396. The van der Waals surface area contributed by atoms with Gasteiger partial charge in [-0.05, 0) is 81.7 Å². The van der Waals surface area contributed by atoms with Crippen molar-refractivity contribution in [2.75, 3.05) is 51.8 Å². The number of Topliss-reactive ketones (excluding diaryl/α,β-unsaturated/α-hetero) is 1. The van der Waals surface area contributed by atoms with E-state index < -0.39 is 76.5 Å². The maximum Gasteiger partial charge on any atom is 0.409 e. The van der Waals surface area contributed by atoms with Crippen molar-refractivity contribution in [2.45, 2.75) is 145 Å². The lowest BCUT2D eigenvalue weighted by molar-refractivity contribution is -0.162. The number of epoxide rings is 1. The number of fused-ring (bicyclic) bond motifs is 5. The number of alkyl carbamates (subject to hydrolysis) is 2. The summed E-state index contributed by atoms with van der Waals surface area (Å²) in [5.74, 6) is -1.58. The van der Waals surface area contributed by atoms with E-state index in [1.807, 2.05) is 57.4 Å². The first kappa shape index (κ1) is 59.4. The van der Waals surface area contributed by atoms with Gasteiger partial charge in [0.05, 0.1) is 31.1 Å². The molecule has 3 heterocycles. The Morgan fingerprint density at radius 1 is 1.12 bits per heavy atom. The van der Waals surface area contributed by atoms with E-state index in [1.165, 1.54) is 49.8 Å². The Bertz CT molecular complexity index is 2370. The van der Waals surface area contributed by atoms with Crippen LogP contribution in [0.1, 0.15) is 91.2 Å². The Labute approximate surface area is 446 Å². The zero-order valence-corrected chi connectivity index (χ0v) is 46.8. The minimum atomic E-state index is -1.87. The summed E-state index contributed by atoms with van der Waals surface area (Å²) >= 11 is 8.26. The molecule has 0 spiro atoms. The Hall–Kier alpha value is -4.44. The molecule has 4 amide bonds. The third-order valence-electron chi connectivity index (χ3n) is 13.5. The molecule has 0 saturated carbocycles. The third kappa shape index (κ3) is 16.3. The van der Waals surface area contributed by atoms with Crippen molar-refractivity contribution in [2.24, 2.45) is 5.92 Å². The topological polar surface area (TPSA) is 212 Å². The zero-order valence-electron chi connectivity index (χ0n) is 43.6. The first-order valence-corrected chi connectivity index (χ1v) is 28.1. The van der Waals surface area contributed by atoms with E-state index >= 15 is 0 Å². The van der Waals surface area contributed by atoms with Crippen molar-refractivity contribution in [3.63, 3.8) is 0 Å². The van der Waals surface area contributed by atoms with Crippen molar-refractivity contribution in [3.8, 4) is 5.75 Å². The van der Waals surface area contributed by atoms with Gasteiger partial charge < -0.3 is 48.6 Å². The lowest BCUT2D eigenvalue weighted by Gasteiger charge is -2.42. The Balaban J connectivity index is 1.21. The minimum Gasteiger partial charge on any atom is -0.495 e. The Morgan fingerprint density at radius 2 is 1.84 bits per heavy atom. The van der Waals surface area contributed by atoms with Crippen molar-refractivity contribution in [1.29, 1.82) is 0 Å². The molecule has 73 heavy (non-hydrogen) atoms. The van der Waals surface area contributed by atoms with Crippen LogP contribution in [0.15, 0.2) is 65.1 Å². The van der Waals surface area contributed by atoms with E-state index in [2.05, 4.69) is 10.6 Å². The monoisotopic (exact) mass is 1090 g/mol. The number of methoxy groups -OCH3 is 2. The number of aliphatic hydroxyl groups is 1. The van der Waals surface area contributed by atoms with Gasteiger partial charge in [-0.2, -0.15) is 0 Å². The molecule has 2 fully saturated rings. The predicted octanol–water partition coefficient (Wildman–Crippen LogP) is 8.45. The number of halogens is 1. The summed E-state index contributed by atoms with van der Waals surface area (Å²) in [5.41, 5.74) is -0.218. The van der Waals surface area contributed by atoms with Crippen LogP contribution in [-0.4, -0.2) is 139 Å². The first-order valence-electron chi connectivity index (χ1n) is 24.1. The number of rotatable bonds is 19. The molecule has 0 radical (unpaired) electrons. The molecule has 2 aromatic rings. The molecule has 3 aliphatic rings. The number of likely N-dealkylation sites (N-methyl/N-ethyl adjacent to an activating group) is 1. The summed E-state index contributed by atoms with van der Waals surface area (Å²) < 4.78 is 34.3. The molecule has 2 aromatic carbocycles. The molecule has 3 aliphatic heterocycles. The number of ether oxygens (including phenoxy) is 6. The maximum atomic E-state index is 14.4. The normalized spacial score (nSPS) is 25.9. The summed E-state index contributed by atoms with van der Waals surface area (Å²) in [7, 11) is 9.27. The van der Waals surface area contributed by atoms with E-state index in [0.717, 1.165) is 21.6 Å². The SMILES string of the molecule is COc1cc2cc(c1Cl)N(C)C(=O)C[C@H](OC(=O)[C@H](C)N(C)C(=O)CCC(C)(C)SCC(=O)CCCNC(=O)OCc1ccc(SSC)cc1)[C@]1(C)O[C@H]1[C@H](C)[C@@H]1C[C@@](O)(NC(=O)O1)[C@H](OC)/C=C/C=C(\C)C2. The van der Waals surface area contributed by atoms with Crippen LogP contribution in [0.4, 0.5) is 15.3 Å².